The zero-order valence-electron chi connectivity index (χ0n) is 11.9. The number of amides is 1. The second kappa shape index (κ2) is 6.50. The van der Waals surface area contributed by atoms with Crippen LogP contribution in [-0.2, 0) is 4.79 Å². The zero-order chi connectivity index (χ0) is 15.6. The lowest BCUT2D eigenvalue weighted by atomic mass is 9.80. The standard InChI is InChI=1S/C14H21F3N2OS/c15-14(16,17)11-3-1-10(2-4-11)13(20)19-7-5-9(6-8-19)12(18)21/h9-11H,1-8H2,(H2,18,21). The molecule has 1 aliphatic carbocycles. The highest BCUT2D eigenvalue weighted by atomic mass is 32.1. The molecule has 2 N–H and O–H groups in total. The van der Waals surface area contributed by atoms with Crippen molar-refractivity contribution in [3.8, 4) is 0 Å². The molecule has 7 heteroatoms. The third kappa shape index (κ3) is 4.08. The molecule has 1 saturated carbocycles. The molecule has 0 spiro atoms. The van der Waals surface area contributed by atoms with Crippen molar-refractivity contribution in [2.24, 2.45) is 23.5 Å². The maximum Gasteiger partial charge on any atom is 0.391 e. The quantitative estimate of drug-likeness (QED) is 0.795. The van der Waals surface area contributed by atoms with Crippen LogP contribution in [0.3, 0.4) is 0 Å². The van der Waals surface area contributed by atoms with Crippen LogP contribution in [0.4, 0.5) is 13.2 Å². The maximum atomic E-state index is 12.6. The van der Waals surface area contributed by atoms with Crippen molar-refractivity contribution in [2.45, 2.75) is 44.7 Å². The Bertz CT molecular complexity index is 398. The van der Waals surface area contributed by atoms with Crippen LogP contribution in [0.2, 0.25) is 0 Å². The van der Waals surface area contributed by atoms with Gasteiger partial charge >= 0.3 is 6.18 Å². The van der Waals surface area contributed by atoms with Crippen molar-refractivity contribution in [3.05, 3.63) is 0 Å². The van der Waals surface area contributed by atoms with Crippen molar-refractivity contribution in [1.29, 1.82) is 0 Å². The summed E-state index contributed by atoms with van der Waals surface area (Å²) in [5.74, 6) is -1.28. The SMILES string of the molecule is NC(=S)C1CCN(C(=O)C2CCC(C(F)(F)F)CC2)CC1. The van der Waals surface area contributed by atoms with Crippen LogP contribution >= 0.6 is 12.2 Å². The first kappa shape index (κ1) is 16.5. The lowest BCUT2D eigenvalue weighted by molar-refractivity contribution is -0.185. The summed E-state index contributed by atoms with van der Waals surface area (Å²) in [7, 11) is 0. The number of hydrogen-bond donors (Lipinski definition) is 1. The molecule has 1 aliphatic heterocycles. The van der Waals surface area contributed by atoms with E-state index in [0.717, 1.165) is 12.8 Å². The Morgan fingerprint density at radius 2 is 1.52 bits per heavy atom. The molecule has 2 rings (SSSR count). The average molecular weight is 322 g/mol. The van der Waals surface area contributed by atoms with Gasteiger partial charge in [-0.2, -0.15) is 13.2 Å². The summed E-state index contributed by atoms with van der Waals surface area (Å²) in [6.07, 6.45) is -1.76. The van der Waals surface area contributed by atoms with Crippen LogP contribution in [0.15, 0.2) is 0 Å². The van der Waals surface area contributed by atoms with Crippen LogP contribution in [0.1, 0.15) is 38.5 Å². The molecule has 0 atom stereocenters. The summed E-state index contributed by atoms with van der Waals surface area (Å²) in [6.45, 7) is 1.22. The summed E-state index contributed by atoms with van der Waals surface area (Å²) in [4.78, 5) is 14.6. The molecule has 0 unspecified atom stereocenters. The van der Waals surface area contributed by atoms with E-state index in [9.17, 15) is 18.0 Å². The van der Waals surface area contributed by atoms with E-state index in [1.165, 1.54) is 0 Å². The minimum absolute atomic E-state index is 0.0111. The molecule has 1 amide bonds. The molecule has 0 aromatic rings. The smallest absolute Gasteiger partial charge is 0.391 e. The molecule has 120 valence electrons. The Morgan fingerprint density at radius 1 is 1.00 bits per heavy atom. The van der Waals surface area contributed by atoms with Gasteiger partial charge in [0.1, 0.15) is 0 Å². The topological polar surface area (TPSA) is 46.3 Å². The second-order valence-electron chi connectivity index (χ2n) is 6.09. The van der Waals surface area contributed by atoms with Gasteiger partial charge in [-0.05, 0) is 38.5 Å². The van der Waals surface area contributed by atoms with E-state index < -0.39 is 12.1 Å². The van der Waals surface area contributed by atoms with E-state index >= 15 is 0 Å². The van der Waals surface area contributed by atoms with E-state index in [2.05, 4.69) is 0 Å². The lowest BCUT2D eigenvalue weighted by Crippen LogP contribution is -2.45. The van der Waals surface area contributed by atoms with Gasteiger partial charge in [-0.3, -0.25) is 4.79 Å². The Kier molecular flexibility index (Phi) is 5.11. The van der Waals surface area contributed by atoms with Crippen LogP contribution in [-0.4, -0.2) is 35.1 Å². The highest BCUT2D eigenvalue weighted by molar-refractivity contribution is 7.80. The van der Waals surface area contributed by atoms with Gasteiger partial charge in [0.25, 0.3) is 0 Å². The highest BCUT2D eigenvalue weighted by Crippen LogP contribution is 2.40. The van der Waals surface area contributed by atoms with Gasteiger partial charge in [0.05, 0.1) is 10.9 Å². The number of hydrogen-bond acceptors (Lipinski definition) is 2. The highest BCUT2D eigenvalue weighted by Gasteiger charge is 2.43. The van der Waals surface area contributed by atoms with Crippen molar-refractivity contribution in [1.82, 2.24) is 4.90 Å². The van der Waals surface area contributed by atoms with E-state index in [-0.39, 0.29) is 30.6 Å². The van der Waals surface area contributed by atoms with Gasteiger partial charge in [-0.1, -0.05) is 12.2 Å². The average Bonchev–Trinajstić information content (AvgIpc) is 2.46. The van der Waals surface area contributed by atoms with E-state index in [1.807, 2.05) is 0 Å². The fourth-order valence-electron chi connectivity index (χ4n) is 3.31. The third-order valence-electron chi connectivity index (χ3n) is 4.75. The minimum Gasteiger partial charge on any atom is -0.393 e. The fourth-order valence-corrected chi connectivity index (χ4v) is 3.55. The summed E-state index contributed by atoms with van der Waals surface area (Å²) < 4.78 is 37.9. The van der Waals surface area contributed by atoms with Crippen molar-refractivity contribution in [2.75, 3.05) is 13.1 Å². The molecule has 1 heterocycles. The number of carbonyl (C=O) groups excluding carboxylic acids is 1. The molecular weight excluding hydrogens is 301 g/mol. The number of nitrogens with two attached hydrogens (primary N) is 1. The molecule has 0 aromatic carbocycles. The summed E-state index contributed by atoms with van der Waals surface area (Å²) in [5.41, 5.74) is 5.61. The van der Waals surface area contributed by atoms with Gasteiger partial charge in [0.15, 0.2) is 0 Å². The largest absolute Gasteiger partial charge is 0.393 e. The van der Waals surface area contributed by atoms with Crippen LogP contribution in [0.25, 0.3) is 0 Å². The summed E-state index contributed by atoms with van der Waals surface area (Å²) in [6, 6.07) is 0. The van der Waals surface area contributed by atoms with Crippen molar-refractivity contribution >= 4 is 23.1 Å². The molecule has 2 fully saturated rings. The Hall–Kier alpha value is -0.850. The maximum absolute atomic E-state index is 12.6. The van der Waals surface area contributed by atoms with Gasteiger partial charge in [0.2, 0.25) is 5.91 Å². The molecule has 3 nitrogen and oxygen atoms in total. The molecular formula is C14H21F3N2OS. The number of nitrogens with zero attached hydrogens (tertiary/aromatic N) is 1. The first-order chi connectivity index (χ1) is 9.79. The molecule has 21 heavy (non-hydrogen) atoms. The Labute approximate surface area is 128 Å². The molecule has 1 saturated heterocycles. The van der Waals surface area contributed by atoms with Crippen LogP contribution in [0.5, 0.6) is 0 Å². The lowest BCUT2D eigenvalue weighted by Gasteiger charge is -2.36. The normalized spacial score (nSPS) is 28.4. The number of likely N-dealkylation sites (tertiary alicyclic amines) is 1. The minimum atomic E-state index is -4.12. The molecule has 0 aromatic heterocycles. The number of thiocarbonyl (C=S) groups is 1. The number of piperidine rings is 1. The Balaban J connectivity index is 1.82. The predicted molar refractivity (Wildman–Crippen MR) is 77.6 cm³/mol. The van der Waals surface area contributed by atoms with Crippen LogP contribution in [0, 0.1) is 17.8 Å². The third-order valence-corrected chi connectivity index (χ3v) is 5.08. The van der Waals surface area contributed by atoms with E-state index in [1.54, 1.807) is 4.90 Å². The van der Waals surface area contributed by atoms with Crippen LogP contribution < -0.4 is 5.73 Å². The number of alkyl halides is 3. The van der Waals surface area contributed by atoms with E-state index in [4.69, 9.17) is 18.0 Å². The summed E-state index contributed by atoms with van der Waals surface area (Å²) in [5, 5.41) is 0. The van der Waals surface area contributed by atoms with Gasteiger partial charge in [0, 0.05) is 24.9 Å². The number of carbonyl (C=O) groups is 1. The van der Waals surface area contributed by atoms with Gasteiger partial charge in [-0.15, -0.1) is 0 Å². The van der Waals surface area contributed by atoms with E-state index in [0.29, 0.717) is 30.9 Å². The monoisotopic (exact) mass is 322 g/mol. The van der Waals surface area contributed by atoms with Gasteiger partial charge < -0.3 is 10.6 Å². The number of rotatable bonds is 2. The summed E-state index contributed by atoms with van der Waals surface area (Å²) >= 11 is 4.96. The fraction of sp³-hybridized carbons (Fsp3) is 0.857. The van der Waals surface area contributed by atoms with Crippen molar-refractivity contribution < 1.29 is 18.0 Å². The predicted octanol–water partition coefficient (Wildman–Crippen LogP) is 2.88. The molecule has 2 aliphatic rings. The molecule has 0 radical (unpaired) electrons. The first-order valence-electron chi connectivity index (χ1n) is 7.44. The van der Waals surface area contributed by atoms with Gasteiger partial charge in [-0.25, -0.2) is 0 Å². The number of halogens is 3. The molecule has 0 bridgehead atoms. The Morgan fingerprint density at radius 3 is 1.95 bits per heavy atom. The first-order valence-corrected chi connectivity index (χ1v) is 7.84. The van der Waals surface area contributed by atoms with Crippen molar-refractivity contribution in [3.63, 3.8) is 0 Å². The zero-order valence-corrected chi connectivity index (χ0v) is 12.7. The second-order valence-corrected chi connectivity index (χ2v) is 6.56.